The molecule has 0 bridgehead atoms. The van der Waals surface area contributed by atoms with Gasteiger partial charge in [0.25, 0.3) is 5.91 Å². The van der Waals surface area contributed by atoms with Crippen LogP contribution in [0.2, 0.25) is 0 Å². The fourth-order valence-corrected chi connectivity index (χ4v) is 3.66. The number of fused-ring (bicyclic) bond motifs is 1. The molecule has 2 aromatic heterocycles. The number of carbonyl (C=O) groups excluding carboxylic acids is 1. The first kappa shape index (κ1) is 16.2. The van der Waals surface area contributed by atoms with E-state index in [-0.39, 0.29) is 16.5 Å². The summed E-state index contributed by atoms with van der Waals surface area (Å²) in [6.07, 6.45) is 3.17. The molecule has 4 nitrogen and oxygen atoms in total. The van der Waals surface area contributed by atoms with E-state index in [9.17, 15) is 9.90 Å². The molecule has 26 heavy (non-hydrogen) atoms. The van der Waals surface area contributed by atoms with Gasteiger partial charge in [0.15, 0.2) is 4.90 Å². The Kier molecular flexibility index (Phi) is 4.29. The molecule has 0 radical (unpaired) electrons. The van der Waals surface area contributed by atoms with Crippen LogP contribution in [0.3, 0.4) is 0 Å². The van der Waals surface area contributed by atoms with Crippen LogP contribution in [0.1, 0.15) is 20.8 Å². The van der Waals surface area contributed by atoms with Crippen molar-refractivity contribution in [1.29, 1.82) is 0 Å². The lowest BCUT2D eigenvalue weighted by molar-refractivity contribution is 0.0972. The molecule has 2 heterocycles. The van der Waals surface area contributed by atoms with E-state index in [2.05, 4.69) is 5.32 Å². The van der Waals surface area contributed by atoms with Gasteiger partial charge in [-0.2, -0.15) is 0 Å². The number of furan rings is 1. The van der Waals surface area contributed by atoms with Crippen molar-refractivity contribution >= 4 is 33.1 Å². The highest BCUT2D eigenvalue weighted by Crippen LogP contribution is 2.37. The third kappa shape index (κ3) is 3.00. The van der Waals surface area contributed by atoms with Crippen molar-refractivity contribution in [2.24, 2.45) is 0 Å². The van der Waals surface area contributed by atoms with Gasteiger partial charge in [-0.1, -0.05) is 72.0 Å². The zero-order chi connectivity index (χ0) is 17.9. The van der Waals surface area contributed by atoms with Crippen LogP contribution < -0.4 is 5.32 Å². The second-order valence-corrected chi connectivity index (χ2v) is 6.65. The molecule has 5 heteroatoms. The third-order valence-corrected chi connectivity index (χ3v) is 5.10. The SMILES string of the molecule is O=C(NC=C(c1ccccc1)c1ccccc1)c1sc2occc2c1O. The topological polar surface area (TPSA) is 62.5 Å². The minimum absolute atomic E-state index is 0.0503. The lowest BCUT2D eigenvalue weighted by Gasteiger charge is -2.09. The van der Waals surface area contributed by atoms with Crippen LogP contribution in [0.25, 0.3) is 15.9 Å². The molecular weight excluding hydrogens is 346 g/mol. The first-order valence-electron chi connectivity index (χ1n) is 8.05. The zero-order valence-electron chi connectivity index (χ0n) is 13.7. The number of rotatable bonds is 4. The third-order valence-electron chi connectivity index (χ3n) is 4.02. The van der Waals surface area contributed by atoms with Gasteiger partial charge in [-0.3, -0.25) is 4.79 Å². The number of hydrogen-bond acceptors (Lipinski definition) is 4. The molecule has 2 N–H and O–H groups in total. The van der Waals surface area contributed by atoms with E-state index < -0.39 is 0 Å². The lowest BCUT2D eigenvalue weighted by Crippen LogP contribution is -2.16. The molecule has 0 aliphatic heterocycles. The molecule has 0 saturated carbocycles. The van der Waals surface area contributed by atoms with E-state index >= 15 is 0 Å². The van der Waals surface area contributed by atoms with Gasteiger partial charge < -0.3 is 14.8 Å². The van der Waals surface area contributed by atoms with E-state index in [0.29, 0.717) is 10.3 Å². The smallest absolute Gasteiger partial charge is 0.269 e. The summed E-state index contributed by atoms with van der Waals surface area (Å²) >= 11 is 1.12. The second-order valence-electron chi connectivity index (χ2n) is 5.67. The van der Waals surface area contributed by atoms with Crippen LogP contribution in [0, 0.1) is 0 Å². The lowest BCUT2D eigenvalue weighted by atomic mass is 9.99. The van der Waals surface area contributed by atoms with Gasteiger partial charge in [-0.15, -0.1) is 0 Å². The molecule has 0 atom stereocenters. The standard InChI is InChI=1S/C21H15NO3S/c23-18-16-11-12-25-21(16)26-19(18)20(24)22-13-17(14-7-3-1-4-8-14)15-9-5-2-6-10-15/h1-13,23H,(H,22,24). The quantitative estimate of drug-likeness (QED) is 0.536. The van der Waals surface area contributed by atoms with Gasteiger partial charge in [0.05, 0.1) is 11.6 Å². The van der Waals surface area contributed by atoms with Crippen LogP contribution in [-0.4, -0.2) is 11.0 Å². The van der Waals surface area contributed by atoms with E-state index in [1.165, 1.54) is 6.26 Å². The molecule has 128 valence electrons. The Morgan fingerprint density at radius 2 is 1.58 bits per heavy atom. The summed E-state index contributed by atoms with van der Waals surface area (Å²) in [5.41, 5.74) is 2.87. The highest BCUT2D eigenvalue weighted by Gasteiger charge is 2.19. The fourth-order valence-electron chi connectivity index (χ4n) is 2.74. The van der Waals surface area contributed by atoms with Crippen LogP contribution in [0.4, 0.5) is 0 Å². The highest BCUT2D eigenvalue weighted by molar-refractivity contribution is 7.20. The molecule has 0 aliphatic carbocycles. The van der Waals surface area contributed by atoms with Crippen molar-refractivity contribution in [2.75, 3.05) is 0 Å². The molecule has 4 aromatic rings. The molecular formula is C21H15NO3S. The highest BCUT2D eigenvalue weighted by atomic mass is 32.1. The van der Waals surface area contributed by atoms with Gasteiger partial charge in [-0.25, -0.2) is 0 Å². The Morgan fingerprint density at radius 3 is 2.15 bits per heavy atom. The predicted molar refractivity (Wildman–Crippen MR) is 103 cm³/mol. The minimum atomic E-state index is -0.372. The number of hydrogen-bond donors (Lipinski definition) is 2. The molecule has 2 aromatic carbocycles. The summed E-state index contributed by atoms with van der Waals surface area (Å²) in [6.45, 7) is 0. The van der Waals surface area contributed by atoms with E-state index in [4.69, 9.17) is 4.42 Å². The summed E-state index contributed by atoms with van der Waals surface area (Å²) in [6, 6.07) is 21.3. The minimum Gasteiger partial charge on any atom is -0.505 e. The maximum absolute atomic E-state index is 12.6. The summed E-state index contributed by atoms with van der Waals surface area (Å²) in [4.78, 5) is 13.3. The molecule has 0 fully saturated rings. The van der Waals surface area contributed by atoms with Crippen molar-refractivity contribution < 1.29 is 14.3 Å². The van der Waals surface area contributed by atoms with Crippen LogP contribution in [-0.2, 0) is 0 Å². The Hall–Kier alpha value is -3.31. The second kappa shape index (κ2) is 6.90. The van der Waals surface area contributed by atoms with Crippen LogP contribution in [0.15, 0.2) is 83.6 Å². The monoisotopic (exact) mass is 361 g/mol. The molecule has 1 amide bonds. The zero-order valence-corrected chi connectivity index (χ0v) is 14.5. The normalized spacial score (nSPS) is 10.6. The number of amides is 1. The Morgan fingerprint density at radius 1 is 0.962 bits per heavy atom. The largest absolute Gasteiger partial charge is 0.505 e. The Labute approximate surface area is 154 Å². The maximum Gasteiger partial charge on any atom is 0.269 e. The first-order chi connectivity index (χ1) is 12.7. The van der Waals surface area contributed by atoms with Crippen molar-refractivity contribution in [3.63, 3.8) is 0 Å². The van der Waals surface area contributed by atoms with Crippen molar-refractivity contribution in [1.82, 2.24) is 5.32 Å². The number of carbonyl (C=O) groups is 1. The van der Waals surface area contributed by atoms with Gasteiger partial charge in [0, 0.05) is 11.8 Å². The maximum atomic E-state index is 12.6. The first-order valence-corrected chi connectivity index (χ1v) is 8.86. The molecule has 4 rings (SSSR count). The average Bonchev–Trinajstić information content (AvgIpc) is 3.27. The molecule has 0 saturated heterocycles. The molecule has 0 aliphatic rings. The fraction of sp³-hybridized carbons (Fsp3) is 0. The Balaban J connectivity index is 1.68. The number of aromatic hydroxyl groups is 1. The molecule has 0 unspecified atom stereocenters. The van der Waals surface area contributed by atoms with Gasteiger partial charge in [0.1, 0.15) is 10.6 Å². The van der Waals surface area contributed by atoms with Crippen molar-refractivity contribution in [2.45, 2.75) is 0 Å². The number of thiophene rings is 1. The van der Waals surface area contributed by atoms with Crippen LogP contribution in [0.5, 0.6) is 5.75 Å². The summed E-state index contributed by atoms with van der Waals surface area (Å²) in [5.74, 6) is -0.422. The van der Waals surface area contributed by atoms with Crippen molar-refractivity contribution in [3.05, 3.63) is 95.2 Å². The molecule has 0 spiro atoms. The average molecular weight is 361 g/mol. The summed E-state index contributed by atoms with van der Waals surface area (Å²) < 4.78 is 5.26. The predicted octanol–water partition coefficient (Wildman–Crippen LogP) is 5.02. The van der Waals surface area contributed by atoms with E-state index in [1.807, 2.05) is 60.7 Å². The summed E-state index contributed by atoms with van der Waals surface area (Å²) in [7, 11) is 0. The van der Waals surface area contributed by atoms with E-state index in [0.717, 1.165) is 28.0 Å². The number of benzene rings is 2. The van der Waals surface area contributed by atoms with Gasteiger partial charge in [-0.05, 0) is 17.2 Å². The summed E-state index contributed by atoms with van der Waals surface area (Å²) in [5, 5.41) is 13.6. The Bertz CT molecular complexity index is 1040. The van der Waals surface area contributed by atoms with Gasteiger partial charge in [0.2, 0.25) is 0 Å². The van der Waals surface area contributed by atoms with Gasteiger partial charge >= 0.3 is 0 Å². The number of nitrogens with one attached hydrogen (secondary N) is 1. The van der Waals surface area contributed by atoms with Crippen molar-refractivity contribution in [3.8, 4) is 5.75 Å². The van der Waals surface area contributed by atoms with E-state index in [1.54, 1.807) is 12.3 Å². The van der Waals surface area contributed by atoms with Crippen LogP contribution >= 0.6 is 11.3 Å².